The fourth-order valence-electron chi connectivity index (χ4n) is 1.71. The maximum absolute atomic E-state index is 11.6. The number of nitrogens with one attached hydrogen (secondary N) is 2. The third-order valence-electron chi connectivity index (χ3n) is 3.34. The molecule has 1 aromatic rings. The average Bonchev–Trinajstić information content (AvgIpc) is 2.44. The van der Waals surface area contributed by atoms with E-state index in [1.165, 1.54) is 12.1 Å². The average molecular weight is 295 g/mol. The molecule has 0 aliphatic carbocycles. The van der Waals surface area contributed by atoms with Gasteiger partial charge < -0.3 is 25.7 Å². The molecular weight excluding hydrogens is 270 g/mol. The summed E-state index contributed by atoms with van der Waals surface area (Å²) in [5, 5.41) is 24.6. The van der Waals surface area contributed by atoms with E-state index in [0.29, 0.717) is 18.2 Å². The van der Waals surface area contributed by atoms with Crippen molar-refractivity contribution < 1.29 is 15.0 Å². The molecule has 6 nitrogen and oxygen atoms in total. The van der Waals surface area contributed by atoms with Gasteiger partial charge in [-0.1, -0.05) is 12.1 Å². The summed E-state index contributed by atoms with van der Waals surface area (Å²) in [7, 11) is 2.00. The molecule has 1 rings (SSSR count). The Labute approximate surface area is 125 Å². The normalized spacial score (nSPS) is 12.5. The number of phenolic OH excluding ortho intramolecular Hbond substituents is 1. The van der Waals surface area contributed by atoms with Gasteiger partial charge in [0.2, 0.25) is 0 Å². The lowest BCUT2D eigenvalue weighted by atomic mass is 10.1. The maximum Gasteiger partial charge on any atom is 0.314 e. The minimum Gasteiger partial charge on any atom is -0.508 e. The Hall–Kier alpha value is -1.79. The number of carbonyl (C=O) groups is 1. The largest absolute Gasteiger partial charge is 0.508 e. The number of aliphatic hydroxyl groups excluding tert-OH is 1. The Morgan fingerprint density at radius 3 is 2.67 bits per heavy atom. The molecule has 0 fully saturated rings. The van der Waals surface area contributed by atoms with Crippen LogP contribution in [0.5, 0.6) is 5.75 Å². The number of rotatable bonds is 7. The number of aromatic hydroxyl groups is 1. The standard InChI is InChI=1S/C15H25N3O3/c1-11(2)18(3)8-7-16-15(21)17-10-14(20)12-5-4-6-13(19)9-12/h4-6,9,11,14,19-20H,7-8,10H2,1-3H3,(H2,16,17,21)/t14-/m0/s1. The molecule has 6 heteroatoms. The number of aliphatic hydroxyl groups is 1. The first-order valence-corrected chi connectivity index (χ1v) is 7.09. The summed E-state index contributed by atoms with van der Waals surface area (Å²) in [5.41, 5.74) is 0.565. The van der Waals surface area contributed by atoms with Crippen molar-refractivity contribution in [1.29, 1.82) is 0 Å². The zero-order valence-corrected chi connectivity index (χ0v) is 12.8. The molecule has 118 valence electrons. The number of nitrogens with zero attached hydrogens (tertiary/aromatic N) is 1. The van der Waals surface area contributed by atoms with Crippen LogP contribution in [0.1, 0.15) is 25.5 Å². The van der Waals surface area contributed by atoms with E-state index in [2.05, 4.69) is 29.4 Å². The number of carbonyl (C=O) groups excluding carboxylic acids is 1. The number of phenols is 1. The molecule has 0 heterocycles. The molecule has 0 aliphatic rings. The number of hydrogen-bond acceptors (Lipinski definition) is 4. The molecule has 0 saturated heterocycles. The molecular formula is C15H25N3O3. The van der Waals surface area contributed by atoms with Crippen LogP contribution in [0, 0.1) is 0 Å². The predicted molar refractivity (Wildman–Crippen MR) is 82.2 cm³/mol. The van der Waals surface area contributed by atoms with E-state index in [1.807, 2.05) is 7.05 Å². The molecule has 1 atom stereocenters. The topological polar surface area (TPSA) is 84.8 Å². The molecule has 0 unspecified atom stereocenters. The first kappa shape index (κ1) is 17.3. The first-order valence-electron chi connectivity index (χ1n) is 7.09. The minimum absolute atomic E-state index is 0.0905. The number of benzene rings is 1. The number of urea groups is 1. The highest BCUT2D eigenvalue weighted by Crippen LogP contribution is 2.17. The second-order valence-corrected chi connectivity index (χ2v) is 5.32. The summed E-state index contributed by atoms with van der Waals surface area (Å²) in [5.74, 6) is 0.0905. The van der Waals surface area contributed by atoms with Crippen molar-refractivity contribution in [2.45, 2.75) is 26.0 Å². The van der Waals surface area contributed by atoms with Gasteiger partial charge >= 0.3 is 6.03 Å². The van der Waals surface area contributed by atoms with Gasteiger partial charge in [-0.3, -0.25) is 0 Å². The Bertz CT molecular complexity index is 452. The quantitative estimate of drug-likeness (QED) is 0.606. The van der Waals surface area contributed by atoms with Crippen LogP contribution in [-0.2, 0) is 0 Å². The fraction of sp³-hybridized carbons (Fsp3) is 0.533. The zero-order valence-electron chi connectivity index (χ0n) is 12.8. The second kappa shape index (κ2) is 8.49. The lowest BCUT2D eigenvalue weighted by Gasteiger charge is -2.21. The van der Waals surface area contributed by atoms with Gasteiger partial charge in [-0.05, 0) is 38.6 Å². The van der Waals surface area contributed by atoms with Crippen LogP contribution >= 0.6 is 0 Å². The van der Waals surface area contributed by atoms with Crippen LogP contribution in [0.15, 0.2) is 24.3 Å². The van der Waals surface area contributed by atoms with Gasteiger partial charge in [0.25, 0.3) is 0 Å². The predicted octanol–water partition coefficient (Wildman–Crippen LogP) is 1.06. The number of amides is 2. The SMILES string of the molecule is CC(C)N(C)CCNC(=O)NC[C@H](O)c1cccc(O)c1. The van der Waals surface area contributed by atoms with Crippen molar-refractivity contribution in [1.82, 2.24) is 15.5 Å². The van der Waals surface area contributed by atoms with Crippen molar-refractivity contribution in [2.24, 2.45) is 0 Å². The molecule has 1 aromatic carbocycles. The molecule has 0 spiro atoms. The first-order chi connectivity index (χ1) is 9.90. The summed E-state index contributed by atoms with van der Waals surface area (Å²) in [6.45, 7) is 5.58. The van der Waals surface area contributed by atoms with Crippen LogP contribution in [-0.4, -0.2) is 53.9 Å². The van der Waals surface area contributed by atoms with Crippen LogP contribution < -0.4 is 10.6 Å². The lowest BCUT2D eigenvalue weighted by Crippen LogP contribution is -2.42. The van der Waals surface area contributed by atoms with Gasteiger partial charge in [0, 0.05) is 25.7 Å². The van der Waals surface area contributed by atoms with Crippen molar-refractivity contribution in [3.63, 3.8) is 0 Å². The summed E-state index contributed by atoms with van der Waals surface area (Å²) in [4.78, 5) is 13.7. The van der Waals surface area contributed by atoms with Crippen molar-refractivity contribution in [3.05, 3.63) is 29.8 Å². The highest BCUT2D eigenvalue weighted by molar-refractivity contribution is 5.73. The summed E-state index contributed by atoms with van der Waals surface area (Å²) in [6.07, 6.45) is -0.846. The smallest absolute Gasteiger partial charge is 0.314 e. The van der Waals surface area contributed by atoms with Gasteiger partial charge in [-0.2, -0.15) is 0 Å². The van der Waals surface area contributed by atoms with Gasteiger partial charge in [-0.15, -0.1) is 0 Å². The second-order valence-electron chi connectivity index (χ2n) is 5.32. The van der Waals surface area contributed by atoms with E-state index in [1.54, 1.807) is 12.1 Å². The van der Waals surface area contributed by atoms with E-state index >= 15 is 0 Å². The summed E-state index contributed by atoms with van der Waals surface area (Å²) >= 11 is 0. The maximum atomic E-state index is 11.6. The van der Waals surface area contributed by atoms with Crippen LogP contribution in [0.4, 0.5) is 4.79 Å². The molecule has 4 N–H and O–H groups in total. The van der Waals surface area contributed by atoms with Crippen molar-refractivity contribution in [3.8, 4) is 5.75 Å². The van der Waals surface area contributed by atoms with E-state index in [9.17, 15) is 15.0 Å². The molecule has 0 bridgehead atoms. The van der Waals surface area contributed by atoms with E-state index < -0.39 is 6.10 Å². The molecule has 21 heavy (non-hydrogen) atoms. The Morgan fingerprint density at radius 1 is 1.33 bits per heavy atom. The molecule has 0 aromatic heterocycles. The Balaban J connectivity index is 2.26. The van der Waals surface area contributed by atoms with Gasteiger partial charge in [-0.25, -0.2) is 4.79 Å². The summed E-state index contributed by atoms with van der Waals surface area (Å²) in [6, 6.07) is 6.47. The van der Waals surface area contributed by atoms with Gasteiger partial charge in [0.1, 0.15) is 5.75 Å². The third-order valence-corrected chi connectivity index (χ3v) is 3.34. The van der Waals surface area contributed by atoms with E-state index in [4.69, 9.17) is 0 Å². The van der Waals surface area contributed by atoms with Crippen LogP contribution in [0.25, 0.3) is 0 Å². The van der Waals surface area contributed by atoms with Crippen LogP contribution in [0.3, 0.4) is 0 Å². The van der Waals surface area contributed by atoms with Crippen LogP contribution in [0.2, 0.25) is 0 Å². The van der Waals surface area contributed by atoms with Crippen molar-refractivity contribution in [2.75, 3.05) is 26.7 Å². The highest BCUT2D eigenvalue weighted by atomic mass is 16.3. The third kappa shape index (κ3) is 6.46. The van der Waals surface area contributed by atoms with Gasteiger partial charge in [0.15, 0.2) is 0 Å². The number of likely N-dealkylation sites (N-methyl/N-ethyl adjacent to an activating group) is 1. The lowest BCUT2D eigenvalue weighted by molar-refractivity contribution is 0.172. The molecule has 2 amide bonds. The highest BCUT2D eigenvalue weighted by Gasteiger charge is 2.10. The summed E-state index contributed by atoms with van der Waals surface area (Å²) < 4.78 is 0. The van der Waals surface area contributed by atoms with Crippen molar-refractivity contribution >= 4 is 6.03 Å². The van der Waals surface area contributed by atoms with E-state index in [-0.39, 0.29) is 18.3 Å². The zero-order chi connectivity index (χ0) is 15.8. The fourth-order valence-corrected chi connectivity index (χ4v) is 1.71. The monoisotopic (exact) mass is 295 g/mol. The Kier molecular flexibility index (Phi) is 6.98. The van der Waals surface area contributed by atoms with Gasteiger partial charge in [0.05, 0.1) is 6.10 Å². The molecule has 0 radical (unpaired) electrons. The Morgan fingerprint density at radius 2 is 2.05 bits per heavy atom. The minimum atomic E-state index is -0.846. The number of hydrogen-bond donors (Lipinski definition) is 4. The molecule has 0 saturated carbocycles. The molecule has 0 aliphatic heterocycles. The van der Waals surface area contributed by atoms with E-state index in [0.717, 1.165) is 6.54 Å².